The number of hydrogen-bond donors (Lipinski definition) is 0. The second-order valence-corrected chi connectivity index (χ2v) is 17.1. The summed E-state index contributed by atoms with van der Waals surface area (Å²) in [7, 11) is 0. The molecule has 0 spiro atoms. The molecule has 0 saturated carbocycles. The third-order valence-corrected chi connectivity index (χ3v) is 6.11. The Balaban J connectivity index is 3.70. The highest BCUT2D eigenvalue weighted by atomic mass is 80.0. The molecule has 0 aromatic heterocycles. The molecular weight excluding hydrogens is 654 g/mol. The van der Waals surface area contributed by atoms with E-state index >= 15 is 0 Å². The van der Waals surface area contributed by atoms with Gasteiger partial charge in [0, 0.05) is 0 Å². The molecule has 0 aliphatic rings. The van der Waals surface area contributed by atoms with Gasteiger partial charge in [-0.15, -0.1) is 0 Å². The second-order valence-electron chi connectivity index (χ2n) is 2.46. The predicted molar refractivity (Wildman–Crippen MR) is 90.2 cm³/mol. The summed E-state index contributed by atoms with van der Waals surface area (Å²) in [5, 5.41) is 0. The first-order chi connectivity index (χ1) is 7.05. The van der Waals surface area contributed by atoms with E-state index < -0.39 is 15.4 Å². The van der Waals surface area contributed by atoms with E-state index in [1.165, 1.54) is 0 Å². The Labute approximate surface area is 155 Å². The van der Waals surface area contributed by atoms with Crippen LogP contribution in [0.25, 0.3) is 0 Å². The molecule has 0 bridgehead atoms. The van der Waals surface area contributed by atoms with Gasteiger partial charge in [-0.2, -0.15) is 0 Å². The van der Waals surface area contributed by atoms with Crippen molar-refractivity contribution >= 4 is 119 Å². The van der Waals surface area contributed by atoms with Crippen LogP contribution in [0.5, 0.6) is 0 Å². The predicted octanol–water partition coefficient (Wildman–Crippen LogP) is 5.83. The molecule has 0 N–H and O–H groups in total. The monoisotopic (exact) mass is 653 g/mol. The Bertz CT molecular complexity index is 184. The van der Waals surface area contributed by atoms with Gasteiger partial charge in [0.15, 0.2) is 15.4 Å². The highest BCUT2D eigenvalue weighted by Gasteiger charge is 2.31. The topological polar surface area (TPSA) is 18.5 Å². The van der Waals surface area contributed by atoms with Crippen LogP contribution in [0.1, 0.15) is 0 Å². The number of rotatable bonds is 5. The molecule has 0 aliphatic heterocycles. The zero-order valence-corrected chi connectivity index (χ0v) is 18.4. The average Bonchev–Trinajstić information content (AvgIpc) is 2.08. The maximum Gasteiger partial charge on any atom is 0.174 e. The Hall–Kier alpha value is 3.38. The molecule has 0 aliphatic carbocycles. The van der Waals surface area contributed by atoms with Gasteiger partial charge in [0.2, 0.25) is 0 Å². The summed E-state index contributed by atoms with van der Waals surface area (Å²) in [4.78, 5) is 0. The zero-order valence-electron chi connectivity index (χ0n) is 7.41. The van der Waals surface area contributed by atoms with Crippen LogP contribution in [0.4, 0.5) is 0 Å². The molecule has 10 heteroatoms. The number of alkyl halides is 8. The minimum Gasteiger partial charge on any atom is -0.357 e. The molecule has 0 radical (unpaired) electrons. The lowest BCUT2D eigenvalue weighted by Crippen LogP contribution is -2.26. The first-order valence-corrected chi connectivity index (χ1v) is 9.33. The van der Waals surface area contributed by atoms with E-state index in [0.29, 0.717) is 13.2 Å². The Morgan fingerprint density at radius 1 is 0.750 bits per heavy atom. The number of hydrogen-bond acceptors (Lipinski definition) is 2. The van der Waals surface area contributed by atoms with Gasteiger partial charge in [-0.25, -0.2) is 0 Å². The van der Waals surface area contributed by atoms with Gasteiger partial charge in [0.05, 0.1) is 13.2 Å². The van der Waals surface area contributed by atoms with E-state index in [0.717, 1.165) is 0 Å². The smallest absolute Gasteiger partial charge is 0.174 e. The van der Waals surface area contributed by atoms with Crippen LogP contribution in [0.15, 0.2) is 0 Å². The summed E-state index contributed by atoms with van der Waals surface area (Å²) in [6, 6.07) is 0. The molecule has 2 unspecified atom stereocenters. The number of halogens is 8. The Morgan fingerprint density at radius 2 is 1.00 bits per heavy atom. The highest BCUT2D eigenvalue weighted by Crippen LogP contribution is 2.41. The van der Waals surface area contributed by atoms with Crippen molar-refractivity contribution in [2.45, 2.75) is 15.4 Å². The first kappa shape index (κ1) is 19.4. The first-order valence-electron chi connectivity index (χ1n) is 3.70. The maximum absolute atomic E-state index is 5.88. The molecule has 16 heavy (non-hydrogen) atoms. The fourth-order valence-electron chi connectivity index (χ4n) is 0.492. The SMILES string of the molecule is ClC(OCCOC(Cl)C(Br)(Br)Br)C(Br)(Br)Br. The molecule has 0 rings (SSSR count). The van der Waals surface area contributed by atoms with Crippen LogP contribution in [0, 0.1) is 0 Å². The molecule has 0 fully saturated rings. The molecule has 0 aromatic rings. The van der Waals surface area contributed by atoms with Crippen molar-refractivity contribution in [1.29, 1.82) is 0 Å². The van der Waals surface area contributed by atoms with Gasteiger partial charge in [-0.05, 0) is 0 Å². The van der Waals surface area contributed by atoms with E-state index in [4.69, 9.17) is 32.7 Å². The van der Waals surface area contributed by atoms with Crippen LogP contribution >= 0.6 is 119 Å². The molecule has 2 nitrogen and oxygen atoms in total. The lowest BCUT2D eigenvalue weighted by atomic mass is 10.7. The minimum absolute atomic E-state index is 0.311. The summed E-state index contributed by atoms with van der Waals surface area (Å²) < 4.78 is 9.22. The lowest BCUT2D eigenvalue weighted by molar-refractivity contribution is 0.0306. The van der Waals surface area contributed by atoms with Crippen LogP contribution in [0.3, 0.4) is 0 Å². The molecule has 98 valence electrons. The third-order valence-electron chi connectivity index (χ3n) is 1.13. The van der Waals surface area contributed by atoms with E-state index in [2.05, 4.69) is 95.6 Å². The van der Waals surface area contributed by atoms with Gasteiger partial charge >= 0.3 is 0 Å². The van der Waals surface area contributed by atoms with E-state index in [-0.39, 0.29) is 0 Å². The largest absolute Gasteiger partial charge is 0.357 e. The van der Waals surface area contributed by atoms with Gasteiger partial charge in [-0.1, -0.05) is 119 Å². The maximum atomic E-state index is 5.88. The molecule has 0 heterocycles. The van der Waals surface area contributed by atoms with Crippen molar-refractivity contribution in [2.24, 2.45) is 0 Å². The van der Waals surface area contributed by atoms with Crippen LogP contribution in [-0.4, -0.2) is 28.6 Å². The van der Waals surface area contributed by atoms with Crippen LogP contribution in [-0.2, 0) is 9.47 Å². The van der Waals surface area contributed by atoms with Crippen molar-refractivity contribution in [3.63, 3.8) is 0 Å². The average molecular weight is 660 g/mol. The summed E-state index contributed by atoms with van der Waals surface area (Å²) in [5.74, 6) is 0. The molecular formula is C6H6Br6Cl2O2. The summed E-state index contributed by atoms with van der Waals surface area (Å²) in [5.41, 5.74) is -1.18. The summed E-state index contributed by atoms with van der Waals surface area (Å²) in [6.07, 6.45) is 0. The second kappa shape index (κ2) is 8.62. The summed E-state index contributed by atoms with van der Waals surface area (Å²) >= 11 is 31.2. The third kappa shape index (κ3) is 9.31. The molecule has 0 aromatic carbocycles. The van der Waals surface area contributed by atoms with Crippen molar-refractivity contribution in [3.05, 3.63) is 0 Å². The number of ether oxygens (including phenoxy) is 2. The van der Waals surface area contributed by atoms with E-state index in [1.54, 1.807) is 0 Å². The normalized spacial score (nSPS) is 17.2. The molecule has 0 amide bonds. The van der Waals surface area contributed by atoms with Crippen molar-refractivity contribution in [1.82, 2.24) is 0 Å². The fraction of sp³-hybridized carbons (Fsp3) is 1.00. The van der Waals surface area contributed by atoms with E-state index in [1.807, 2.05) is 0 Å². The van der Waals surface area contributed by atoms with Crippen LogP contribution in [0.2, 0.25) is 0 Å². The van der Waals surface area contributed by atoms with E-state index in [9.17, 15) is 0 Å². The minimum atomic E-state index is -0.654. The zero-order chi connectivity index (χ0) is 13.0. The van der Waals surface area contributed by atoms with Gasteiger partial charge in [0.25, 0.3) is 0 Å². The van der Waals surface area contributed by atoms with Crippen molar-refractivity contribution in [3.8, 4) is 0 Å². The van der Waals surface area contributed by atoms with Gasteiger partial charge in [0.1, 0.15) is 0 Å². The van der Waals surface area contributed by atoms with Crippen molar-refractivity contribution in [2.75, 3.05) is 13.2 Å². The fourth-order valence-corrected chi connectivity index (χ4v) is 1.46. The standard InChI is InChI=1S/C6H6Br6Cl2O2/c7-5(8,9)3(13)15-1-2-16-4(14)6(10,11)12/h3-4H,1-2H2. The molecule has 0 saturated heterocycles. The molecule has 2 atom stereocenters. The van der Waals surface area contributed by atoms with Crippen LogP contribution < -0.4 is 0 Å². The quantitative estimate of drug-likeness (QED) is 0.273. The Kier molecular flexibility index (Phi) is 10.4. The lowest BCUT2D eigenvalue weighted by Gasteiger charge is -2.22. The Morgan fingerprint density at radius 3 is 1.19 bits per heavy atom. The van der Waals surface area contributed by atoms with Crippen molar-refractivity contribution < 1.29 is 9.47 Å². The summed E-state index contributed by atoms with van der Waals surface area (Å²) in [6.45, 7) is 0.621. The van der Waals surface area contributed by atoms with Gasteiger partial charge in [-0.3, -0.25) is 0 Å². The van der Waals surface area contributed by atoms with Gasteiger partial charge < -0.3 is 9.47 Å². The highest BCUT2D eigenvalue weighted by molar-refractivity contribution is 9.39.